The predicted molar refractivity (Wildman–Crippen MR) is 92.2 cm³/mol. The van der Waals surface area contributed by atoms with Gasteiger partial charge in [-0.2, -0.15) is 23.5 Å². The van der Waals surface area contributed by atoms with Gasteiger partial charge in [0, 0.05) is 33.1 Å². The fraction of sp³-hybridized carbons (Fsp3) is 0.625. The molecule has 0 radical (unpaired) electrons. The third-order valence-corrected chi connectivity index (χ3v) is 7.76. The summed E-state index contributed by atoms with van der Waals surface area (Å²) in [6.07, 6.45) is 0. The van der Waals surface area contributed by atoms with Crippen LogP contribution in [-0.2, 0) is 0 Å². The van der Waals surface area contributed by atoms with Crippen molar-refractivity contribution in [3.8, 4) is 5.75 Å². The second-order valence-corrected chi connectivity index (χ2v) is 8.61. The fourth-order valence-electron chi connectivity index (χ4n) is 2.54. The van der Waals surface area contributed by atoms with Crippen LogP contribution in [-0.4, -0.2) is 28.6 Å². The summed E-state index contributed by atoms with van der Waals surface area (Å²) in [5, 5.41) is 1.83. The van der Waals surface area contributed by atoms with Crippen molar-refractivity contribution in [1.29, 1.82) is 0 Å². The van der Waals surface area contributed by atoms with E-state index in [4.69, 9.17) is 10.5 Å². The van der Waals surface area contributed by atoms with Crippen LogP contribution in [0.3, 0.4) is 0 Å². The third-order valence-electron chi connectivity index (χ3n) is 4.24. The van der Waals surface area contributed by atoms with Crippen LogP contribution in [0.4, 0.5) is 0 Å². The summed E-state index contributed by atoms with van der Waals surface area (Å²) in [6, 6.07) is 4.33. The number of ether oxygens (including phenoxy) is 1. The molecule has 2 rings (SSSR count). The van der Waals surface area contributed by atoms with Crippen molar-refractivity contribution >= 4 is 23.5 Å². The molecule has 1 saturated heterocycles. The van der Waals surface area contributed by atoms with Crippen LogP contribution in [0.15, 0.2) is 12.1 Å². The summed E-state index contributed by atoms with van der Waals surface area (Å²) >= 11 is 4.06. The van der Waals surface area contributed by atoms with Gasteiger partial charge in [-0.25, -0.2) is 0 Å². The van der Waals surface area contributed by atoms with Crippen LogP contribution in [0.5, 0.6) is 5.75 Å². The molecular formula is C16H25NOS2. The molecule has 1 aromatic carbocycles. The van der Waals surface area contributed by atoms with Crippen molar-refractivity contribution in [1.82, 2.24) is 0 Å². The van der Waals surface area contributed by atoms with E-state index in [-0.39, 0.29) is 6.04 Å². The molecule has 1 aliphatic rings. The lowest BCUT2D eigenvalue weighted by atomic mass is 9.98. The van der Waals surface area contributed by atoms with E-state index in [9.17, 15) is 0 Å². The molecule has 0 aliphatic carbocycles. The first kappa shape index (κ1) is 16.1. The van der Waals surface area contributed by atoms with Gasteiger partial charge in [-0.05, 0) is 25.0 Å². The summed E-state index contributed by atoms with van der Waals surface area (Å²) in [5.74, 6) is 2.09. The number of aryl methyl sites for hydroxylation is 1. The van der Waals surface area contributed by atoms with Crippen molar-refractivity contribution < 1.29 is 4.74 Å². The van der Waals surface area contributed by atoms with Crippen molar-refractivity contribution in [3.05, 3.63) is 28.8 Å². The van der Waals surface area contributed by atoms with E-state index in [0.29, 0.717) is 15.7 Å². The van der Waals surface area contributed by atoms with Gasteiger partial charge >= 0.3 is 0 Å². The first-order valence-corrected chi connectivity index (χ1v) is 9.11. The molecule has 0 amide bonds. The van der Waals surface area contributed by atoms with Crippen LogP contribution in [0.1, 0.15) is 36.6 Å². The molecule has 2 nitrogen and oxygen atoms in total. The van der Waals surface area contributed by atoms with Gasteiger partial charge in [0.2, 0.25) is 0 Å². The van der Waals surface area contributed by atoms with E-state index in [1.807, 2.05) is 23.5 Å². The normalized spacial score (nSPS) is 28.2. The molecule has 1 fully saturated rings. The van der Waals surface area contributed by atoms with Crippen molar-refractivity contribution in [2.75, 3.05) is 12.9 Å². The number of methoxy groups -OCH3 is 1. The molecule has 4 atom stereocenters. The Labute approximate surface area is 131 Å². The molecule has 20 heavy (non-hydrogen) atoms. The highest BCUT2D eigenvalue weighted by Gasteiger charge is 2.31. The largest absolute Gasteiger partial charge is 0.496 e. The second-order valence-electron chi connectivity index (χ2n) is 5.57. The van der Waals surface area contributed by atoms with Gasteiger partial charge in [-0.3, -0.25) is 0 Å². The predicted octanol–water partition coefficient (Wildman–Crippen LogP) is 3.94. The van der Waals surface area contributed by atoms with E-state index in [1.165, 1.54) is 11.1 Å². The SMILES string of the molecule is COc1c(C(N)C2CSC(C)C(C)S2)ccc(C)c1C. The molecule has 112 valence electrons. The standard InChI is InChI=1S/C16H25NOS2/c1-9-6-7-13(16(18-5)10(9)2)15(17)14-8-19-11(3)12(4)20-14/h6-7,11-12,14-15H,8,17H2,1-5H3. The zero-order valence-corrected chi connectivity index (χ0v) is 14.6. The molecule has 1 aliphatic heterocycles. The molecule has 4 unspecified atom stereocenters. The number of rotatable bonds is 3. The van der Waals surface area contributed by atoms with Crippen LogP contribution in [0.2, 0.25) is 0 Å². The zero-order chi connectivity index (χ0) is 14.9. The summed E-state index contributed by atoms with van der Waals surface area (Å²) in [6.45, 7) is 8.83. The first-order chi connectivity index (χ1) is 9.45. The van der Waals surface area contributed by atoms with Crippen LogP contribution >= 0.6 is 23.5 Å². The van der Waals surface area contributed by atoms with E-state index < -0.39 is 0 Å². The minimum Gasteiger partial charge on any atom is -0.496 e. The van der Waals surface area contributed by atoms with Gasteiger partial charge in [0.1, 0.15) is 5.75 Å². The van der Waals surface area contributed by atoms with Crippen LogP contribution in [0, 0.1) is 13.8 Å². The minimum absolute atomic E-state index is 0.0386. The van der Waals surface area contributed by atoms with Gasteiger partial charge in [-0.1, -0.05) is 26.0 Å². The molecule has 1 aromatic rings. The Bertz CT molecular complexity index is 478. The lowest BCUT2D eigenvalue weighted by Gasteiger charge is -2.35. The van der Waals surface area contributed by atoms with E-state index in [2.05, 4.69) is 39.8 Å². The fourth-order valence-corrected chi connectivity index (χ4v) is 5.58. The molecule has 0 saturated carbocycles. The minimum atomic E-state index is 0.0386. The number of hydrogen-bond acceptors (Lipinski definition) is 4. The van der Waals surface area contributed by atoms with Crippen molar-refractivity contribution in [3.63, 3.8) is 0 Å². The van der Waals surface area contributed by atoms with Crippen LogP contribution < -0.4 is 10.5 Å². The van der Waals surface area contributed by atoms with E-state index in [0.717, 1.165) is 17.1 Å². The summed E-state index contributed by atoms with van der Waals surface area (Å²) in [7, 11) is 1.74. The van der Waals surface area contributed by atoms with Gasteiger partial charge in [0.05, 0.1) is 7.11 Å². The molecular weight excluding hydrogens is 286 g/mol. The Morgan fingerprint density at radius 2 is 1.95 bits per heavy atom. The summed E-state index contributed by atoms with van der Waals surface area (Å²) in [4.78, 5) is 0. The lowest BCUT2D eigenvalue weighted by Crippen LogP contribution is -2.34. The molecule has 0 spiro atoms. The molecule has 2 N–H and O–H groups in total. The first-order valence-electron chi connectivity index (χ1n) is 7.12. The van der Waals surface area contributed by atoms with Gasteiger partial charge in [0.15, 0.2) is 0 Å². The van der Waals surface area contributed by atoms with E-state index in [1.54, 1.807) is 7.11 Å². The number of hydrogen-bond donors (Lipinski definition) is 1. The third kappa shape index (κ3) is 3.12. The van der Waals surface area contributed by atoms with Gasteiger partial charge in [0.25, 0.3) is 0 Å². The molecule has 0 aromatic heterocycles. The van der Waals surface area contributed by atoms with Crippen LogP contribution in [0.25, 0.3) is 0 Å². The second kappa shape index (κ2) is 6.63. The Hall–Kier alpha value is -0.320. The molecule has 1 heterocycles. The lowest BCUT2D eigenvalue weighted by molar-refractivity contribution is 0.402. The highest BCUT2D eigenvalue weighted by molar-refractivity contribution is 8.07. The monoisotopic (exact) mass is 311 g/mol. The Balaban J connectivity index is 2.25. The zero-order valence-electron chi connectivity index (χ0n) is 13.0. The Kier molecular flexibility index (Phi) is 5.32. The van der Waals surface area contributed by atoms with Gasteiger partial charge < -0.3 is 10.5 Å². The highest BCUT2D eigenvalue weighted by atomic mass is 32.2. The topological polar surface area (TPSA) is 35.2 Å². The maximum atomic E-state index is 6.56. The van der Waals surface area contributed by atoms with E-state index >= 15 is 0 Å². The van der Waals surface area contributed by atoms with Crippen molar-refractivity contribution in [2.24, 2.45) is 5.73 Å². The number of nitrogens with two attached hydrogens (primary N) is 1. The summed E-state index contributed by atoms with van der Waals surface area (Å²) in [5.41, 5.74) is 10.2. The number of benzene rings is 1. The Morgan fingerprint density at radius 3 is 2.55 bits per heavy atom. The quantitative estimate of drug-likeness (QED) is 0.917. The maximum absolute atomic E-state index is 6.56. The molecule has 0 bridgehead atoms. The summed E-state index contributed by atoms with van der Waals surface area (Å²) < 4.78 is 5.62. The van der Waals surface area contributed by atoms with Crippen molar-refractivity contribution in [2.45, 2.75) is 49.5 Å². The Morgan fingerprint density at radius 1 is 1.25 bits per heavy atom. The maximum Gasteiger partial charge on any atom is 0.126 e. The highest BCUT2D eigenvalue weighted by Crippen LogP contribution is 2.42. The average molecular weight is 312 g/mol. The molecule has 4 heteroatoms. The smallest absolute Gasteiger partial charge is 0.126 e. The number of thioether (sulfide) groups is 2. The average Bonchev–Trinajstić information content (AvgIpc) is 2.44. The van der Waals surface area contributed by atoms with Gasteiger partial charge in [-0.15, -0.1) is 0 Å².